The minimum atomic E-state index is -0.733. The molecule has 0 aliphatic rings. The fourth-order valence-electron chi connectivity index (χ4n) is 2.53. The minimum absolute atomic E-state index is 0.602. The highest BCUT2D eigenvalue weighted by Crippen LogP contribution is 2.28. The summed E-state index contributed by atoms with van der Waals surface area (Å²) in [6.45, 7) is 18.5. The molecule has 0 amide bonds. The van der Waals surface area contributed by atoms with Gasteiger partial charge < -0.3 is 14.2 Å². The van der Waals surface area contributed by atoms with Gasteiger partial charge in [0.1, 0.15) is 5.76 Å². The maximum absolute atomic E-state index is 5.88. The lowest BCUT2D eigenvalue weighted by Crippen LogP contribution is -2.35. The molecule has 0 spiro atoms. The van der Waals surface area contributed by atoms with Crippen molar-refractivity contribution in [2.45, 2.75) is 80.4 Å². The van der Waals surface area contributed by atoms with Crippen LogP contribution in [0.25, 0.3) is 0 Å². The van der Waals surface area contributed by atoms with Crippen molar-refractivity contribution in [2.24, 2.45) is 5.92 Å². The van der Waals surface area contributed by atoms with E-state index in [4.69, 9.17) is 14.2 Å². The van der Waals surface area contributed by atoms with Gasteiger partial charge in [-0.15, -0.1) is 0 Å². The zero-order valence-corrected chi connectivity index (χ0v) is 16.6. The number of hydrogen-bond donors (Lipinski definition) is 0. The molecule has 0 heterocycles. The second kappa shape index (κ2) is 11.7. The van der Waals surface area contributed by atoms with Crippen LogP contribution in [0.5, 0.6) is 0 Å². The fraction of sp³-hybridized carbons (Fsp3) is 0.800. The van der Waals surface area contributed by atoms with Crippen LogP contribution in [0.4, 0.5) is 0 Å². The first-order chi connectivity index (χ1) is 10.8. The van der Waals surface area contributed by atoms with E-state index >= 15 is 0 Å². The molecule has 0 rings (SSSR count). The Hall–Kier alpha value is -0.800. The topological polar surface area (TPSA) is 27.7 Å². The van der Waals surface area contributed by atoms with Crippen molar-refractivity contribution in [1.29, 1.82) is 0 Å². The van der Waals surface area contributed by atoms with Crippen molar-refractivity contribution in [2.75, 3.05) is 19.8 Å². The van der Waals surface area contributed by atoms with E-state index in [1.54, 1.807) is 0 Å². The fourth-order valence-corrected chi connectivity index (χ4v) is 2.53. The molecule has 0 unspecified atom stereocenters. The molecule has 0 aromatic heterocycles. The Labute approximate surface area is 144 Å². The molecule has 0 radical (unpaired) electrons. The maximum atomic E-state index is 5.88. The van der Waals surface area contributed by atoms with E-state index in [1.807, 2.05) is 34.6 Å². The molecule has 0 N–H and O–H groups in total. The molecule has 0 bridgehead atoms. The highest BCUT2D eigenvalue weighted by molar-refractivity contribution is 5.26. The number of hydrogen-bond acceptors (Lipinski definition) is 3. The third kappa shape index (κ3) is 8.57. The Balaban J connectivity index is 5.29. The zero-order chi connectivity index (χ0) is 17.9. The second-order valence-corrected chi connectivity index (χ2v) is 6.51. The molecule has 0 saturated carbocycles. The second-order valence-electron chi connectivity index (χ2n) is 6.51. The predicted molar refractivity (Wildman–Crippen MR) is 98.4 cm³/mol. The molecule has 0 fully saturated rings. The van der Waals surface area contributed by atoms with Gasteiger partial charge in [-0.25, -0.2) is 0 Å². The predicted octanol–water partition coefficient (Wildman–Crippen LogP) is 5.86. The normalized spacial score (nSPS) is 14.2. The van der Waals surface area contributed by atoms with Crippen molar-refractivity contribution in [3.05, 3.63) is 23.0 Å². The maximum Gasteiger partial charge on any atom is 0.191 e. The molecule has 0 aliphatic carbocycles. The minimum Gasteiger partial charge on any atom is -0.494 e. The van der Waals surface area contributed by atoms with Gasteiger partial charge >= 0.3 is 0 Å². The van der Waals surface area contributed by atoms with Crippen LogP contribution in [0, 0.1) is 5.92 Å². The Bertz CT molecular complexity index is 374. The van der Waals surface area contributed by atoms with Gasteiger partial charge in [0.2, 0.25) is 0 Å². The summed E-state index contributed by atoms with van der Waals surface area (Å²) in [7, 11) is 0. The first-order valence-corrected chi connectivity index (χ1v) is 9.09. The number of rotatable bonds is 12. The van der Waals surface area contributed by atoms with E-state index in [2.05, 4.69) is 26.8 Å². The third-order valence-electron chi connectivity index (χ3n) is 3.92. The highest BCUT2D eigenvalue weighted by Gasteiger charge is 2.30. The lowest BCUT2D eigenvalue weighted by molar-refractivity contribution is -0.195. The molecule has 136 valence electrons. The summed E-state index contributed by atoms with van der Waals surface area (Å²) in [4.78, 5) is 0. The first kappa shape index (κ1) is 22.2. The van der Waals surface area contributed by atoms with E-state index in [0.717, 1.165) is 23.7 Å². The van der Waals surface area contributed by atoms with Crippen molar-refractivity contribution < 1.29 is 14.2 Å². The van der Waals surface area contributed by atoms with Crippen molar-refractivity contribution in [3.8, 4) is 0 Å². The molecule has 3 heteroatoms. The Morgan fingerprint density at radius 1 is 1.00 bits per heavy atom. The molecule has 0 saturated heterocycles. The lowest BCUT2D eigenvalue weighted by Gasteiger charge is -2.31. The summed E-state index contributed by atoms with van der Waals surface area (Å²) in [5.74, 6) is 0.896. The van der Waals surface area contributed by atoms with Gasteiger partial charge in [0.15, 0.2) is 5.79 Å². The summed E-state index contributed by atoms with van der Waals surface area (Å²) in [6.07, 6.45) is 5.72. The zero-order valence-electron chi connectivity index (χ0n) is 16.6. The first-order valence-electron chi connectivity index (χ1n) is 9.09. The van der Waals surface area contributed by atoms with Gasteiger partial charge in [-0.1, -0.05) is 25.8 Å². The Morgan fingerprint density at radius 3 is 2.00 bits per heavy atom. The Kier molecular flexibility index (Phi) is 11.3. The molecule has 0 atom stereocenters. The smallest absolute Gasteiger partial charge is 0.191 e. The van der Waals surface area contributed by atoms with Crippen LogP contribution in [0.1, 0.15) is 74.7 Å². The summed E-state index contributed by atoms with van der Waals surface area (Å²) >= 11 is 0. The van der Waals surface area contributed by atoms with Gasteiger partial charge in [0, 0.05) is 18.8 Å². The van der Waals surface area contributed by atoms with Crippen LogP contribution < -0.4 is 0 Å². The van der Waals surface area contributed by atoms with Gasteiger partial charge in [-0.05, 0) is 66.4 Å². The van der Waals surface area contributed by atoms with Crippen LogP contribution in [0.15, 0.2) is 23.0 Å². The van der Waals surface area contributed by atoms with Gasteiger partial charge in [0.25, 0.3) is 0 Å². The summed E-state index contributed by atoms with van der Waals surface area (Å²) in [6, 6.07) is 0. The molecule has 23 heavy (non-hydrogen) atoms. The van der Waals surface area contributed by atoms with Crippen LogP contribution in [-0.2, 0) is 14.2 Å². The molecule has 0 aromatic carbocycles. The standard InChI is InChI=1S/C20H38O3/c1-9-21-19(15-17(6)14-12-13-16(4)5)18(7)20(8,22-10-2)23-11-3/h15-16H,9-14H2,1-8H3. The monoisotopic (exact) mass is 326 g/mol. The van der Waals surface area contributed by atoms with E-state index in [0.29, 0.717) is 19.8 Å². The molecule has 0 aromatic rings. The Morgan fingerprint density at radius 2 is 1.57 bits per heavy atom. The number of ether oxygens (including phenoxy) is 3. The molecular formula is C20H38O3. The highest BCUT2D eigenvalue weighted by atomic mass is 16.7. The van der Waals surface area contributed by atoms with Crippen molar-refractivity contribution in [3.63, 3.8) is 0 Å². The molecular weight excluding hydrogens is 288 g/mol. The summed E-state index contributed by atoms with van der Waals surface area (Å²) < 4.78 is 17.6. The average Bonchev–Trinajstić information content (AvgIpc) is 2.46. The van der Waals surface area contributed by atoms with Crippen LogP contribution in [-0.4, -0.2) is 25.6 Å². The van der Waals surface area contributed by atoms with Crippen molar-refractivity contribution in [1.82, 2.24) is 0 Å². The lowest BCUT2D eigenvalue weighted by atomic mass is 10.0. The van der Waals surface area contributed by atoms with Gasteiger partial charge in [-0.3, -0.25) is 0 Å². The van der Waals surface area contributed by atoms with E-state index in [9.17, 15) is 0 Å². The summed E-state index contributed by atoms with van der Waals surface area (Å²) in [5.41, 5.74) is 2.33. The van der Waals surface area contributed by atoms with E-state index < -0.39 is 5.79 Å². The van der Waals surface area contributed by atoms with Gasteiger partial charge in [-0.2, -0.15) is 0 Å². The third-order valence-corrected chi connectivity index (χ3v) is 3.92. The van der Waals surface area contributed by atoms with Crippen LogP contribution >= 0.6 is 0 Å². The SMILES string of the molecule is CCOC(C=C(C)CCCC(C)C)=C(C)C(C)(OCC)OCC. The number of allylic oxidation sites excluding steroid dienone is 2. The van der Waals surface area contributed by atoms with Gasteiger partial charge in [0.05, 0.1) is 6.61 Å². The molecule has 3 nitrogen and oxygen atoms in total. The summed E-state index contributed by atoms with van der Waals surface area (Å²) in [5, 5.41) is 0. The van der Waals surface area contributed by atoms with Crippen molar-refractivity contribution >= 4 is 0 Å². The average molecular weight is 327 g/mol. The largest absolute Gasteiger partial charge is 0.494 e. The van der Waals surface area contributed by atoms with Crippen LogP contribution in [0.2, 0.25) is 0 Å². The van der Waals surface area contributed by atoms with Crippen LogP contribution in [0.3, 0.4) is 0 Å². The molecule has 0 aliphatic heterocycles. The van der Waals surface area contributed by atoms with E-state index in [1.165, 1.54) is 18.4 Å². The van der Waals surface area contributed by atoms with E-state index in [-0.39, 0.29) is 0 Å². The quantitative estimate of drug-likeness (QED) is 0.255.